The van der Waals surface area contributed by atoms with E-state index >= 15 is 0 Å². The van der Waals surface area contributed by atoms with Crippen LogP contribution in [0.4, 0.5) is 0 Å². The number of imidazole rings is 1. The number of H-pyrrole nitrogens is 1. The fraction of sp³-hybridized carbons (Fsp3) is 0.174. The van der Waals surface area contributed by atoms with E-state index in [1.165, 1.54) is 23.7 Å². The minimum atomic E-state index is -0.381. The first-order chi connectivity index (χ1) is 15.3. The van der Waals surface area contributed by atoms with Crippen LogP contribution in [-0.2, 0) is 28.9 Å². The molecular weight excluding hydrogens is 412 g/mol. The Morgan fingerprint density at radius 1 is 1.03 bits per heavy atom. The number of benzene rings is 2. The number of aryl methyl sites for hydroxylation is 2. The van der Waals surface area contributed by atoms with Gasteiger partial charge in [0.25, 0.3) is 5.56 Å². The van der Waals surface area contributed by atoms with Crippen LogP contribution in [0.1, 0.15) is 11.1 Å². The first kappa shape index (κ1) is 19.4. The molecule has 5 rings (SSSR count). The quantitative estimate of drug-likeness (QED) is 0.477. The highest BCUT2D eigenvalue weighted by molar-refractivity contribution is 8.02. The predicted molar refractivity (Wildman–Crippen MR) is 118 cm³/mol. The molecule has 31 heavy (non-hydrogen) atoms. The van der Waals surface area contributed by atoms with Crippen molar-refractivity contribution in [3.63, 3.8) is 0 Å². The lowest BCUT2D eigenvalue weighted by Crippen LogP contribution is -2.11. The first-order valence-corrected chi connectivity index (χ1v) is 10.8. The Kier molecular flexibility index (Phi) is 5.45. The lowest BCUT2D eigenvalue weighted by atomic mass is 10.1. The van der Waals surface area contributed by atoms with Crippen LogP contribution >= 0.6 is 11.8 Å². The lowest BCUT2D eigenvalue weighted by Gasteiger charge is -2.12. The summed E-state index contributed by atoms with van der Waals surface area (Å²) >= 11 is 1.33. The number of nitrogens with zero attached hydrogens (tertiary/aromatic N) is 3. The average molecular weight is 433 g/mol. The highest BCUT2D eigenvalue weighted by Gasteiger charge is 2.24. The summed E-state index contributed by atoms with van der Waals surface area (Å²) < 4.78 is 13.6. The number of thioether (sulfide) groups is 1. The molecule has 2 aromatic heterocycles. The van der Waals surface area contributed by atoms with Gasteiger partial charge < -0.3 is 19.0 Å². The van der Waals surface area contributed by atoms with Crippen molar-refractivity contribution in [2.24, 2.45) is 0 Å². The monoisotopic (exact) mass is 432 g/mol. The highest BCUT2D eigenvalue weighted by Crippen LogP contribution is 2.33. The van der Waals surface area contributed by atoms with E-state index in [1.54, 1.807) is 6.26 Å². The summed E-state index contributed by atoms with van der Waals surface area (Å²) in [6.07, 6.45) is 4.07. The van der Waals surface area contributed by atoms with Crippen LogP contribution in [0.2, 0.25) is 0 Å². The van der Waals surface area contributed by atoms with Crippen molar-refractivity contribution in [2.45, 2.75) is 30.8 Å². The molecule has 0 saturated heterocycles. The molecule has 0 radical (unpaired) electrons. The molecule has 156 valence electrons. The predicted octanol–water partition coefficient (Wildman–Crippen LogP) is 3.87. The Morgan fingerprint density at radius 2 is 1.77 bits per heavy atom. The second kappa shape index (κ2) is 8.69. The molecule has 0 aliphatic carbocycles. The lowest BCUT2D eigenvalue weighted by molar-refractivity contribution is -0.0236. The van der Waals surface area contributed by atoms with E-state index in [-0.39, 0.29) is 11.8 Å². The van der Waals surface area contributed by atoms with Gasteiger partial charge in [-0.1, -0.05) is 60.7 Å². The molecule has 8 heteroatoms. The van der Waals surface area contributed by atoms with Crippen molar-refractivity contribution < 1.29 is 9.47 Å². The van der Waals surface area contributed by atoms with Crippen LogP contribution in [-0.4, -0.2) is 25.8 Å². The van der Waals surface area contributed by atoms with Crippen LogP contribution in [0.3, 0.4) is 0 Å². The van der Waals surface area contributed by atoms with E-state index in [0.29, 0.717) is 34.4 Å². The molecule has 1 aliphatic heterocycles. The second-order valence-electron chi connectivity index (χ2n) is 7.10. The molecule has 0 bridgehead atoms. The molecule has 4 aromatic rings. The van der Waals surface area contributed by atoms with Crippen molar-refractivity contribution in [3.8, 4) is 0 Å². The van der Waals surface area contributed by atoms with Gasteiger partial charge in [0.05, 0.1) is 6.33 Å². The number of fused-ring (bicyclic) bond motifs is 1. The van der Waals surface area contributed by atoms with Crippen molar-refractivity contribution >= 4 is 22.9 Å². The van der Waals surface area contributed by atoms with E-state index in [0.717, 1.165) is 12.0 Å². The molecule has 3 heterocycles. The largest absolute Gasteiger partial charge is 0.458 e. The molecule has 1 unspecified atom stereocenters. The summed E-state index contributed by atoms with van der Waals surface area (Å²) in [6.45, 7) is 0.640. The Balaban J connectivity index is 1.35. The first-order valence-electron chi connectivity index (χ1n) is 9.98. The summed E-state index contributed by atoms with van der Waals surface area (Å²) in [4.78, 5) is 23.8. The van der Waals surface area contributed by atoms with Crippen molar-refractivity contribution in [2.75, 3.05) is 0 Å². The van der Waals surface area contributed by atoms with Gasteiger partial charge in [-0.15, -0.1) is 0 Å². The Labute approximate surface area is 182 Å². The summed E-state index contributed by atoms with van der Waals surface area (Å²) in [5.74, 6) is 0. The van der Waals surface area contributed by atoms with Gasteiger partial charge in [-0.25, -0.2) is 9.97 Å². The number of rotatable bonds is 7. The molecule has 1 N–H and O–H groups in total. The fourth-order valence-corrected chi connectivity index (χ4v) is 4.31. The molecule has 2 aromatic carbocycles. The molecule has 7 nitrogen and oxygen atoms in total. The Hall–Kier alpha value is -3.52. The summed E-state index contributed by atoms with van der Waals surface area (Å²) in [5, 5.41) is 1.25. The Bertz CT molecular complexity index is 1270. The SMILES string of the molecule is O=c1[nH]cnc2c1nc(SC1=COC(Cc3ccccc3)O1)n2CCc1ccccc1. The summed E-state index contributed by atoms with van der Waals surface area (Å²) in [5.41, 5.74) is 2.96. The van der Waals surface area contributed by atoms with Crippen LogP contribution in [0.15, 0.2) is 88.3 Å². The van der Waals surface area contributed by atoms with Crippen molar-refractivity contribution in [1.82, 2.24) is 19.5 Å². The van der Waals surface area contributed by atoms with Gasteiger partial charge in [-0.3, -0.25) is 4.79 Å². The average Bonchev–Trinajstić information content (AvgIpc) is 3.39. The third-order valence-corrected chi connectivity index (χ3v) is 5.86. The van der Waals surface area contributed by atoms with Gasteiger partial charge in [0, 0.05) is 13.0 Å². The number of ether oxygens (including phenoxy) is 2. The zero-order valence-electron chi connectivity index (χ0n) is 16.6. The molecule has 0 saturated carbocycles. The number of nitrogens with one attached hydrogen (secondary N) is 1. The van der Waals surface area contributed by atoms with E-state index < -0.39 is 0 Å². The number of hydrogen-bond donors (Lipinski definition) is 1. The van der Waals surface area contributed by atoms with Crippen LogP contribution < -0.4 is 5.56 Å². The van der Waals surface area contributed by atoms with E-state index in [1.807, 2.05) is 53.1 Å². The van der Waals surface area contributed by atoms with E-state index in [2.05, 4.69) is 27.1 Å². The molecule has 0 fully saturated rings. The Morgan fingerprint density at radius 3 is 2.55 bits per heavy atom. The van der Waals surface area contributed by atoms with E-state index in [4.69, 9.17) is 9.47 Å². The standard InChI is InChI=1S/C23H20N4O3S/c28-22-20-21(24-15-25-22)27(12-11-16-7-3-1-4-8-16)23(26-20)31-19-14-29-18(30-19)13-17-9-5-2-6-10-17/h1-10,14-15,18H,11-13H2,(H,24,25,28). The molecule has 1 aliphatic rings. The van der Waals surface area contributed by atoms with Gasteiger partial charge >= 0.3 is 0 Å². The maximum atomic E-state index is 12.3. The van der Waals surface area contributed by atoms with E-state index in [9.17, 15) is 4.79 Å². The summed E-state index contributed by atoms with van der Waals surface area (Å²) in [7, 11) is 0. The summed E-state index contributed by atoms with van der Waals surface area (Å²) in [6, 6.07) is 20.2. The minimum Gasteiger partial charge on any atom is -0.458 e. The zero-order chi connectivity index (χ0) is 21.0. The molecule has 1 atom stereocenters. The fourth-order valence-electron chi connectivity index (χ4n) is 3.44. The topological polar surface area (TPSA) is 82.0 Å². The molecule has 0 amide bonds. The van der Waals surface area contributed by atoms with Gasteiger partial charge in [0.15, 0.2) is 21.4 Å². The van der Waals surface area contributed by atoms with Crippen molar-refractivity contribution in [3.05, 3.63) is 99.8 Å². The van der Waals surface area contributed by atoms with Gasteiger partial charge in [0.1, 0.15) is 6.26 Å². The zero-order valence-corrected chi connectivity index (χ0v) is 17.4. The maximum Gasteiger partial charge on any atom is 0.278 e. The molecule has 0 spiro atoms. The number of aromatic amines is 1. The maximum absolute atomic E-state index is 12.3. The number of hydrogen-bond acceptors (Lipinski definition) is 6. The minimum absolute atomic E-state index is 0.259. The smallest absolute Gasteiger partial charge is 0.278 e. The van der Waals surface area contributed by atoms with Gasteiger partial charge in [-0.2, -0.15) is 0 Å². The third-order valence-electron chi connectivity index (χ3n) is 4.97. The van der Waals surface area contributed by atoms with Gasteiger partial charge in [-0.05, 0) is 29.3 Å². The normalized spacial score (nSPS) is 15.5. The van der Waals surface area contributed by atoms with Crippen LogP contribution in [0.25, 0.3) is 11.2 Å². The molecular formula is C23H20N4O3S. The van der Waals surface area contributed by atoms with Crippen LogP contribution in [0, 0.1) is 0 Å². The van der Waals surface area contributed by atoms with Gasteiger partial charge in [0.2, 0.25) is 6.29 Å². The van der Waals surface area contributed by atoms with Crippen molar-refractivity contribution in [1.29, 1.82) is 0 Å². The third kappa shape index (κ3) is 4.34. The number of aromatic nitrogens is 4. The second-order valence-corrected chi connectivity index (χ2v) is 8.07. The highest BCUT2D eigenvalue weighted by atomic mass is 32.2. The van der Waals surface area contributed by atoms with Crippen LogP contribution in [0.5, 0.6) is 0 Å².